The first-order chi connectivity index (χ1) is 9.19. The molecule has 0 aliphatic rings. The number of aryl methyl sites for hydroxylation is 1. The van der Waals surface area contributed by atoms with Crippen LogP contribution in [-0.2, 0) is 13.2 Å². The molecule has 1 aromatic heterocycles. The van der Waals surface area contributed by atoms with Gasteiger partial charge in [-0.15, -0.1) is 11.3 Å². The summed E-state index contributed by atoms with van der Waals surface area (Å²) in [6.07, 6.45) is 1.88. The fourth-order valence-corrected chi connectivity index (χ4v) is 2.82. The molecule has 2 aromatic rings. The fraction of sp³-hybridized carbons (Fsp3) is 0.357. The lowest BCUT2D eigenvalue weighted by Gasteiger charge is -2.11. The molecular weight excluding hydrogens is 324 g/mol. The van der Waals surface area contributed by atoms with E-state index < -0.39 is 0 Å². The third-order valence-electron chi connectivity index (χ3n) is 2.63. The number of ether oxygens (including phenoxy) is 1. The van der Waals surface area contributed by atoms with E-state index in [1.54, 1.807) is 11.3 Å². The van der Waals surface area contributed by atoms with Crippen LogP contribution < -0.4 is 10.1 Å². The van der Waals surface area contributed by atoms with Gasteiger partial charge in [-0.1, -0.05) is 22.9 Å². The first-order valence-corrected chi connectivity index (χ1v) is 7.83. The van der Waals surface area contributed by atoms with Crippen molar-refractivity contribution < 1.29 is 4.74 Å². The third kappa shape index (κ3) is 4.30. The number of hydrogen-bond donors (Lipinski definition) is 1. The van der Waals surface area contributed by atoms with Crippen molar-refractivity contribution in [1.29, 1.82) is 0 Å². The number of aromatic nitrogens is 1. The third-order valence-corrected chi connectivity index (χ3v) is 4.01. The summed E-state index contributed by atoms with van der Waals surface area (Å²) in [5.41, 5.74) is 1.16. The average molecular weight is 341 g/mol. The molecular formula is C14H17BrN2OS. The average Bonchev–Trinajstić information content (AvgIpc) is 2.81. The summed E-state index contributed by atoms with van der Waals surface area (Å²) in [6.45, 7) is 6.43. The zero-order valence-electron chi connectivity index (χ0n) is 11.1. The quantitative estimate of drug-likeness (QED) is 0.865. The van der Waals surface area contributed by atoms with Gasteiger partial charge in [-0.25, -0.2) is 4.98 Å². The molecule has 2 rings (SSSR count). The zero-order valence-corrected chi connectivity index (χ0v) is 13.5. The Kier molecular flexibility index (Phi) is 5.36. The van der Waals surface area contributed by atoms with Crippen LogP contribution in [0.4, 0.5) is 0 Å². The van der Waals surface area contributed by atoms with E-state index >= 15 is 0 Å². The normalized spacial score (nSPS) is 10.7. The van der Waals surface area contributed by atoms with Crippen LogP contribution in [0, 0.1) is 6.92 Å². The van der Waals surface area contributed by atoms with Gasteiger partial charge < -0.3 is 10.1 Å². The molecule has 0 saturated heterocycles. The highest BCUT2D eigenvalue weighted by Crippen LogP contribution is 2.24. The number of nitrogens with one attached hydrogen (secondary N) is 1. The van der Waals surface area contributed by atoms with Crippen molar-refractivity contribution in [2.24, 2.45) is 0 Å². The molecule has 0 bridgehead atoms. The SMILES string of the molecule is CCNCc1cc(Br)ccc1OCc1cnc(C)s1. The molecule has 0 aliphatic carbocycles. The molecule has 1 aromatic carbocycles. The second-order valence-corrected chi connectivity index (χ2v) is 6.40. The number of nitrogens with zero attached hydrogens (tertiary/aromatic N) is 1. The minimum atomic E-state index is 0.576. The standard InChI is InChI=1S/C14H17BrN2OS/c1-3-16-7-11-6-12(15)4-5-14(11)18-9-13-8-17-10(2)19-13/h4-6,8,16H,3,7,9H2,1-2H3. The maximum absolute atomic E-state index is 5.90. The predicted molar refractivity (Wildman–Crippen MR) is 82.7 cm³/mol. The Morgan fingerprint density at radius 3 is 2.95 bits per heavy atom. The summed E-state index contributed by atoms with van der Waals surface area (Å²) in [6, 6.07) is 6.10. The van der Waals surface area contributed by atoms with Gasteiger partial charge in [-0.2, -0.15) is 0 Å². The van der Waals surface area contributed by atoms with E-state index in [0.29, 0.717) is 6.61 Å². The monoisotopic (exact) mass is 340 g/mol. The Morgan fingerprint density at radius 1 is 1.42 bits per heavy atom. The molecule has 0 atom stereocenters. The number of halogens is 1. The summed E-state index contributed by atoms with van der Waals surface area (Å²) in [5.74, 6) is 0.926. The highest BCUT2D eigenvalue weighted by atomic mass is 79.9. The minimum Gasteiger partial charge on any atom is -0.488 e. The predicted octanol–water partition coefficient (Wildman–Crippen LogP) is 3.90. The van der Waals surface area contributed by atoms with Gasteiger partial charge in [0.1, 0.15) is 12.4 Å². The molecule has 0 unspecified atom stereocenters. The van der Waals surface area contributed by atoms with E-state index in [1.165, 1.54) is 0 Å². The first kappa shape index (κ1) is 14.5. The lowest BCUT2D eigenvalue weighted by Crippen LogP contribution is -2.12. The van der Waals surface area contributed by atoms with Crippen molar-refractivity contribution in [3.05, 3.63) is 44.3 Å². The second kappa shape index (κ2) is 7.03. The van der Waals surface area contributed by atoms with Crippen LogP contribution in [0.15, 0.2) is 28.9 Å². The first-order valence-electron chi connectivity index (χ1n) is 6.22. The smallest absolute Gasteiger partial charge is 0.124 e. The van der Waals surface area contributed by atoms with Crippen molar-refractivity contribution in [3.8, 4) is 5.75 Å². The van der Waals surface area contributed by atoms with Crippen molar-refractivity contribution in [3.63, 3.8) is 0 Å². The summed E-state index contributed by atoms with van der Waals surface area (Å²) in [4.78, 5) is 5.38. The van der Waals surface area contributed by atoms with Crippen LogP contribution in [0.2, 0.25) is 0 Å². The van der Waals surface area contributed by atoms with Crippen LogP contribution in [0.3, 0.4) is 0 Å². The number of hydrogen-bond acceptors (Lipinski definition) is 4. The summed E-state index contributed by atoms with van der Waals surface area (Å²) in [5, 5.41) is 4.40. The topological polar surface area (TPSA) is 34.1 Å². The zero-order chi connectivity index (χ0) is 13.7. The van der Waals surface area contributed by atoms with Crippen LogP contribution in [0.5, 0.6) is 5.75 Å². The lowest BCUT2D eigenvalue weighted by atomic mass is 10.2. The Labute approximate surface area is 126 Å². The Bertz CT molecular complexity index is 542. The van der Waals surface area contributed by atoms with E-state index in [4.69, 9.17) is 4.74 Å². The lowest BCUT2D eigenvalue weighted by molar-refractivity contribution is 0.305. The van der Waals surface area contributed by atoms with E-state index in [1.807, 2.05) is 25.3 Å². The highest BCUT2D eigenvalue weighted by Gasteiger charge is 2.06. The molecule has 0 amide bonds. The molecule has 1 N–H and O–H groups in total. The number of rotatable bonds is 6. The molecule has 0 saturated carbocycles. The van der Waals surface area contributed by atoms with Crippen molar-refractivity contribution in [1.82, 2.24) is 10.3 Å². The van der Waals surface area contributed by atoms with Gasteiger partial charge in [-0.3, -0.25) is 0 Å². The molecule has 1 heterocycles. The van der Waals surface area contributed by atoms with Gasteiger partial charge in [0, 0.05) is 22.8 Å². The summed E-state index contributed by atoms with van der Waals surface area (Å²) < 4.78 is 6.97. The summed E-state index contributed by atoms with van der Waals surface area (Å²) >= 11 is 5.17. The highest BCUT2D eigenvalue weighted by molar-refractivity contribution is 9.10. The Hall–Kier alpha value is -0.910. The summed E-state index contributed by atoms with van der Waals surface area (Å²) in [7, 11) is 0. The van der Waals surface area contributed by atoms with Gasteiger partial charge in [0.2, 0.25) is 0 Å². The number of thiazole rings is 1. The minimum absolute atomic E-state index is 0.576. The molecule has 102 valence electrons. The van der Waals surface area contributed by atoms with Gasteiger partial charge in [0.05, 0.1) is 9.88 Å². The van der Waals surface area contributed by atoms with Gasteiger partial charge in [0.25, 0.3) is 0 Å². The van der Waals surface area contributed by atoms with E-state index in [2.05, 4.69) is 39.2 Å². The molecule has 0 radical (unpaired) electrons. The van der Waals surface area contributed by atoms with Crippen LogP contribution in [0.25, 0.3) is 0 Å². The Morgan fingerprint density at radius 2 is 2.26 bits per heavy atom. The molecule has 0 spiro atoms. The van der Waals surface area contributed by atoms with Crippen LogP contribution in [-0.4, -0.2) is 11.5 Å². The maximum atomic E-state index is 5.90. The van der Waals surface area contributed by atoms with Crippen molar-refractivity contribution in [2.45, 2.75) is 27.0 Å². The molecule has 0 aliphatic heterocycles. The van der Waals surface area contributed by atoms with Gasteiger partial charge in [0.15, 0.2) is 0 Å². The van der Waals surface area contributed by atoms with Crippen molar-refractivity contribution in [2.75, 3.05) is 6.54 Å². The molecule has 19 heavy (non-hydrogen) atoms. The molecule has 0 fully saturated rings. The van der Waals surface area contributed by atoms with E-state index in [9.17, 15) is 0 Å². The van der Waals surface area contributed by atoms with Crippen molar-refractivity contribution >= 4 is 27.3 Å². The number of benzene rings is 1. The van der Waals surface area contributed by atoms with Crippen LogP contribution >= 0.6 is 27.3 Å². The second-order valence-electron chi connectivity index (χ2n) is 4.17. The fourth-order valence-electron chi connectivity index (χ4n) is 1.71. The van der Waals surface area contributed by atoms with E-state index in [0.717, 1.165) is 38.8 Å². The van der Waals surface area contributed by atoms with Crippen LogP contribution in [0.1, 0.15) is 22.4 Å². The van der Waals surface area contributed by atoms with E-state index in [-0.39, 0.29) is 0 Å². The maximum Gasteiger partial charge on any atom is 0.124 e. The molecule has 5 heteroatoms. The Balaban J connectivity index is 2.05. The van der Waals surface area contributed by atoms with Gasteiger partial charge >= 0.3 is 0 Å². The molecule has 3 nitrogen and oxygen atoms in total. The largest absolute Gasteiger partial charge is 0.488 e. The van der Waals surface area contributed by atoms with Gasteiger partial charge in [-0.05, 0) is 31.7 Å².